The van der Waals surface area contributed by atoms with Crippen molar-refractivity contribution in [3.8, 4) is 22.9 Å². The fourth-order valence-electron chi connectivity index (χ4n) is 4.34. The summed E-state index contributed by atoms with van der Waals surface area (Å²) in [4.78, 5) is 19.7. The van der Waals surface area contributed by atoms with Gasteiger partial charge >= 0.3 is 6.03 Å². The molecule has 0 saturated heterocycles. The number of nitrogens with zero attached hydrogens (tertiary/aromatic N) is 3. The predicted molar refractivity (Wildman–Crippen MR) is 135 cm³/mol. The minimum Gasteiger partial charge on any atom is -0.497 e. The third-order valence-corrected chi connectivity index (χ3v) is 6.25. The Kier molecular flexibility index (Phi) is 6.40. The summed E-state index contributed by atoms with van der Waals surface area (Å²) in [5.74, 6) is 2.25. The summed E-state index contributed by atoms with van der Waals surface area (Å²) in [5.41, 5.74) is 4.07. The van der Waals surface area contributed by atoms with E-state index in [9.17, 15) is 4.79 Å². The van der Waals surface area contributed by atoms with Crippen LogP contribution in [-0.4, -0.2) is 35.3 Å². The second-order valence-corrected chi connectivity index (χ2v) is 8.34. The van der Waals surface area contributed by atoms with Gasteiger partial charge in [0.25, 0.3) is 5.89 Å². The zero-order valence-electron chi connectivity index (χ0n) is 20.3. The molecule has 2 heterocycles. The Bertz CT molecular complexity index is 1400. The monoisotopic (exact) mass is 482 g/mol. The van der Waals surface area contributed by atoms with Crippen molar-refractivity contribution in [1.29, 1.82) is 0 Å². The zero-order chi connectivity index (χ0) is 25.1. The number of para-hydroxylation sites is 1. The van der Waals surface area contributed by atoms with Crippen LogP contribution in [-0.2, 0) is 6.54 Å². The molecule has 1 unspecified atom stereocenters. The number of aromatic nitrogens is 2. The molecule has 1 N–H and O–H groups in total. The molecule has 0 radical (unpaired) electrons. The molecule has 0 spiro atoms. The van der Waals surface area contributed by atoms with Gasteiger partial charge in [0, 0.05) is 16.8 Å². The number of rotatable bonds is 7. The van der Waals surface area contributed by atoms with Crippen molar-refractivity contribution in [2.45, 2.75) is 19.5 Å². The number of methoxy groups -OCH3 is 2. The highest BCUT2D eigenvalue weighted by Gasteiger charge is 2.36. The molecule has 5 rings (SSSR count). The second-order valence-electron chi connectivity index (χ2n) is 8.34. The molecule has 1 aromatic heterocycles. The molecule has 0 fully saturated rings. The molecule has 1 atom stereocenters. The average Bonchev–Trinajstić information content (AvgIpc) is 3.41. The highest BCUT2D eigenvalue weighted by molar-refractivity contribution is 5.87. The van der Waals surface area contributed by atoms with E-state index in [1.807, 2.05) is 85.8 Å². The second kappa shape index (κ2) is 9.95. The SMILES string of the molecule is COc1ccc(-c2noc(C3=C(C)N(Cc4ccccc4OC)C(=O)NC3c3ccccc3)n2)cc1. The molecule has 3 aromatic carbocycles. The molecule has 8 nitrogen and oxygen atoms in total. The lowest BCUT2D eigenvalue weighted by Crippen LogP contribution is -2.45. The van der Waals surface area contributed by atoms with Crippen LogP contribution in [0.4, 0.5) is 4.79 Å². The summed E-state index contributed by atoms with van der Waals surface area (Å²) in [5, 5.41) is 7.35. The van der Waals surface area contributed by atoms with Crippen molar-refractivity contribution in [1.82, 2.24) is 20.4 Å². The number of benzene rings is 3. The van der Waals surface area contributed by atoms with Gasteiger partial charge in [0.15, 0.2) is 0 Å². The molecule has 1 aliphatic heterocycles. The molecule has 0 bridgehead atoms. The van der Waals surface area contributed by atoms with Crippen molar-refractivity contribution >= 4 is 11.6 Å². The maximum absolute atomic E-state index is 13.3. The van der Waals surface area contributed by atoms with Gasteiger partial charge in [0.05, 0.1) is 32.4 Å². The van der Waals surface area contributed by atoms with Gasteiger partial charge in [-0.15, -0.1) is 0 Å². The first-order valence-electron chi connectivity index (χ1n) is 11.5. The van der Waals surface area contributed by atoms with Crippen LogP contribution in [0.1, 0.15) is 30.0 Å². The smallest absolute Gasteiger partial charge is 0.322 e. The number of hydrogen-bond acceptors (Lipinski definition) is 6. The van der Waals surface area contributed by atoms with Crippen molar-refractivity contribution in [2.75, 3.05) is 14.2 Å². The van der Waals surface area contributed by atoms with E-state index in [1.54, 1.807) is 19.1 Å². The van der Waals surface area contributed by atoms with Crippen LogP contribution in [0.5, 0.6) is 11.5 Å². The van der Waals surface area contributed by atoms with Crippen molar-refractivity contribution in [3.05, 3.63) is 102 Å². The fraction of sp³-hybridized carbons (Fsp3) is 0.179. The van der Waals surface area contributed by atoms with E-state index in [4.69, 9.17) is 19.0 Å². The first-order chi connectivity index (χ1) is 17.6. The van der Waals surface area contributed by atoms with Crippen LogP contribution >= 0.6 is 0 Å². The normalized spacial score (nSPS) is 15.6. The number of nitrogens with one attached hydrogen (secondary N) is 1. The van der Waals surface area contributed by atoms with Crippen molar-refractivity contribution in [2.24, 2.45) is 0 Å². The average molecular weight is 483 g/mol. The summed E-state index contributed by atoms with van der Waals surface area (Å²) >= 11 is 0. The van der Waals surface area contributed by atoms with Crippen LogP contribution in [0.15, 0.2) is 89.1 Å². The molecule has 8 heteroatoms. The van der Waals surface area contributed by atoms with Gasteiger partial charge in [-0.1, -0.05) is 53.7 Å². The summed E-state index contributed by atoms with van der Waals surface area (Å²) in [6.45, 7) is 2.23. The molecule has 2 amide bonds. The highest BCUT2D eigenvalue weighted by Crippen LogP contribution is 2.38. The minimum absolute atomic E-state index is 0.217. The van der Waals surface area contributed by atoms with Crippen molar-refractivity contribution < 1.29 is 18.8 Å². The van der Waals surface area contributed by atoms with E-state index in [1.165, 1.54) is 0 Å². The Labute approximate surface area is 209 Å². The van der Waals surface area contributed by atoms with E-state index in [2.05, 4.69) is 10.5 Å². The van der Waals surface area contributed by atoms with Crippen LogP contribution in [0.25, 0.3) is 17.0 Å². The van der Waals surface area contributed by atoms with Gasteiger partial charge in [-0.3, -0.25) is 4.90 Å². The summed E-state index contributed by atoms with van der Waals surface area (Å²) < 4.78 is 16.5. The molecule has 0 saturated carbocycles. The number of ether oxygens (including phenoxy) is 2. The van der Waals surface area contributed by atoms with E-state index in [0.29, 0.717) is 24.0 Å². The maximum atomic E-state index is 13.3. The van der Waals surface area contributed by atoms with E-state index >= 15 is 0 Å². The molecule has 1 aliphatic rings. The standard InChI is InChI=1S/C28H26N4O4/c1-18-24(27-30-26(31-36-27)20-13-15-22(34-2)16-14-20)25(19-9-5-4-6-10-19)29-28(33)32(18)17-21-11-7-8-12-23(21)35-3/h4-16,25H,17H2,1-3H3,(H,29,33). The third kappa shape index (κ3) is 4.40. The Balaban J connectivity index is 1.58. The molecular weight excluding hydrogens is 456 g/mol. The fourth-order valence-corrected chi connectivity index (χ4v) is 4.34. The summed E-state index contributed by atoms with van der Waals surface area (Å²) in [7, 11) is 3.24. The minimum atomic E-state index is -0.447. The topological polar surface area (TPSA) is 89.7 Å². The number of carbonyl (C=O) groups excluding carboxylic acids is 1. The van der Waals surface area contributed by atoms with Gasteiger partial charge in [-0.25, -0.2) is 4.79 Å². The quantitative estimate of drug-likeness (QED) is 0.377. The van der Waals surface area contributed by atoms with Gasteiger partial charge in [0.1, 0.15) is 11.5 Å². The van der Waals surface area contributed by atoms with Gasteiger partial charge < -0.3 is 19.3 Å². The van der Waals surface area contributed by atoms with Crippen LogP contribution in [0.2, 0.25) is 0 Å². The lowest BCUT2D eigenvalue weighted by atomic mass is 9.94. The molecule has 0 aliphatic carbocycles. The predicted octanol–water partition coefficient (Wildman–Crippen LogP) is 5.45. The Morgan fingerprint density at radius 3 is 2.39 bits per heavy atom. The number of hydrogen-bond donors (Lipinski definition) is 1. The Morgan fingerprint density at radius 1 is 0.944 bits per heavy atom. The number of carbonyl (C=O) groups is 1. The third-order valence-electron chi connectivity index (χ3n) is 6.25. The highest BCUT2D eigenvalue weighted by atomic mass is 16.5. The molecule has 4 aromatic rings. The van der Waals surface area contributed by atoms with Crippen molar-refractivity contribution in [3.63, 3.8) is 0 Å². The van der Waals surface area contributed by atoms with Gasteiger partial charge in [-0.2, -0.15) is 4.98 Å². The first-order valence-corrected chi connectivity index (χ1v) is 11.5. The maximum Gasteiger partial charge on any atom is 0.322 e. The van der Waals surface area contributed by atoms with Crippen LogP contribution < -0.4 is 14.8 Å². The first kappa shape index (κ1) is 23.2. The van der Waals surface area contributed by atoms with E-state index < -0.39 is 6.04 Å². The largest absolute Gasteiger partial charge is 0.497 e. The van der Waals surface area contributed by atoms with Gasteiger partial charge in [0.2, 0.25) is 5.82 Å². The molecule has 182 valence electrons. The zero-order valence-corrected chi connectivity index (χ0v) is 20.3. The molecular formula is C28H26N4O4. The number of urea groups is 1. The molecule has 36 heavy (non-hydrogen) atoms. The van der Waals surface area contributed by atoms with E-state index in [0.717, 1.165) is 33.7 Å². The number of amides is 2. The van der Waals surface area contributed by atoms with Crippen LogP contribution in [0.3, 0.4) is 0 Å². The Morgan fingerprint density at radius 2 is 1.67 bits per heavy atom. The van der Waals surface area contributed by atoms with Gasteiger partial charge in [-0.05, 0) is 42.8 Å². The van der Waals surface area contributed by atoms with E-state index in [-0.39, 0.29) is 6.03 Å². The number of allylic oxidation sites excluding steroid dienone is 1. The summed E-state index contributed by atoms with van der Waals surface area (Å²) in [6.07, 6.45) is 0. The van der Waals surface area contributed by atoms with Crippen LogP contribution in [0, 0.1) is 0 Å². The Hall–Kier alpha value is -4.59. The summed E-state index contributed by atoms with van der Waals surface area (Å²) in [6, 6.07) is 24.2. The lowest BCUT2D eigenvalue weighted by molar-refractivity contribution is 0.202. The lowest BCUT2D eigenvalue weighted by Gasteiger charge is -2.35.